The van der Waals surface area contributed by atoms with E-state index in [2.05, 4.69) is 23.7 Å². The van der Waals surface area contributed by atoms with Gasteiger partial charge in [0.05, 0.1) is 11.6 Å². The van der Waals surface area contributed by atoms with Crippen molar-refractivity contribution in [3.63, 3.8) is 0 Å². The minimum atomic E-state index is -0.0347. The summed E-state index contributed by atoms with van der Waals surface area (Å²) < 4.78 is 0. The summed E-state index contributed by atoms with van der Waals surface area (Å²) in [4.78, 5) is 6.67. The third kappa shape index (κ3) is 2.72. The van der Waals surface area contributed by atoms with E-state index in [1.165, 1.54) is 12.8 Å². The highest BCUT2D eigenvalue weighted by Crippen LogP contribution is 2.28. The number of pyridine rings is 1. The minimum Gasteiger partial charge on any atom is -0.392 e. The number of hydrogen-bond donors (Lipinski definition) is 1. The van der Waals surface area contributed by atoms with Gasteiger partial charge in [0.15, 0.2) is 0 Å². The Morgan fingerprint density at radius 2 is 2.29 bits per heavy atom. The van der Waals surface area contributed by atoms with Gasteiger partial charge >= 0.3 is 0 Å². The molecule has 94 valence electrons. The molecule has 0 amide bonds. The van der Waals surface area contributed by atoms with E-state index >= 15 is 0 Å². The van der Waals surface area contributed by atoms with Gasteiger partial charge in [-0.15, -0.1) is 0 Å². The van der Waals surface area contributed by atoms with Crippen molar-refractivity contribution < 1.29 is 5.11 Å². The zero-order valence-corrected chi connectivity index (χ0v) is 11.1. The summed E-state index contributed by atoms with van der Waals surface area (Å²) in [5.74, 6) is 1.71. The van der Waals surface area contributed by atoms with Crippen LogP contribution >= 0.6 is 11.6 Å². The zero-order valence-electron chi connectivity index (χ0n) is 10.4. The monoisotopic (exact) mass is 254 g/mol. The van der Waals surface area contributed by atoms with E-state index in [4.69, 9.17) is 11.6 Å². The lowest BCUT2D eigenvalue weighted by molar-refractivity contribution is 0.281. The fourth-order valence-corrected chi connectivity index (χ4v) is 2.66. The van der Waals surface area contributed by atoms with Crippen LogP contribution in [0.25, 0.3) is 0 Å². The maximum Gasteiger partial charge on any atom is 0.129 e. The first-order chi connectivity index (χ1) is 8.11. The molecule has 4 heteroatoms. The van der Waals surface area contributed by atoms with Crippen LogP contribution in [0.3, 0.4) is 0 Å². The van der Waals surface area contributed by atoms with E-state index in [1.54, 1.807) is 6.20 Å². The van der Waals surface area contributed by atoms with Gasteiger partial charge in [-0.25, -0.2) is 4.98 Å². The quantitative estimate of drug-likeness (QED) is 0.882. The third-order valence-corrected chi connectivity index (χ3v) is 3.86. The van der Waals surface area contributed by atoms with Crippen molar-refractivity contribution in [1.82, 2.24) is 4.98 Å². The van der Waals surface area contributed by atoms with Crippen LogP contribution in [0.4, 0.5) is 5.82 Å². The van der Waals surface area contributed by atoms with Gasteiger partial charge < -0.3 is 10.0 Å². The van der Waals surface area contributed by atoms with Gasteiger partial charge in [0, 0.05) is 24.3 Å². The van der Waals surface area contributed by atoms with E-state index in [-0.39, 0.29) is 6.61 Å². The summed E-state index contributed by atoms with van der Waals surface area (Å²) in [5, 5.41) is 9.75. The smallest absolute Gasteiger partial charge is 0.129 e. The van der Waals surface area contributed by atoms with Gasteiger partial charge in [0.1, 0.15) is 5.82 Å². The number of rotatable bonds is 2. The van der Waals surface area contributed by atoms with Gasteiger partial charge in [-0.05, 0) is 31.7 Å². The van der Waals surface area contributed by atoms with Crippen molar-refractivity contribution in [3.8, 4) is 0 Å². The highest BCUT2D eigenvalue weighted by molar-refractivity contribution is 6.31. The highest BCUT2D eigenvalue weighted by Gasteiger charge is 2.24. The van der Waals surface area contributed by atoms with Crippen molar-refractivity contribution in [2.45, 2.75) is 39.3 Å². The molecule has 17 heavy (non-hydrogen) atoms. The first-order valence-corrected chi connectivity index (χ1v) is 6.51. The van der Waals surface area contributed by atoms with E-state index < -0.39 is 0 Å². The molecule has 1 aliphatic rings. The molecule has 0 saturated carbocycles. The zero-order chi connectivity index (χ0) is 12.4. The van der Waals surface area contributed by atoms with Crippen LogP contribution in [0.1, 0.15) is 32.3 Å². The molecule has 0 bridgehead atoms. The van der Waals surface area contributed by atoms with Gasteiger partial charge in [0.2, 0.25) is 0 Å². The molecule has 2 atom stereocenters. The van der Waals surface area contributed by atoms with Gasteiger partial charge in [-0.2, -0.15) is 0 Å². The summed E-state index contributed by atoms with van der Waals surface area (Å²) in [5.41, 5.74) is 0.752. The highest BCUT2D eigenvalue weighted by atomic mass is 35.5. The number of aliphatic hydroxyl groups is 1. The number of piperidine rings is 1. The Morgan fingerprint density at radius 1 is 1.53 bits per heavy atom. The molecule has 2 unspecified atom stereocenters. The van der Waals surface area contributed by atoms with Crippen LogP contribution in [0.5, 0.6) is 0 Å². The number of halogens is 1. The van der Waals surface area contributed by atoms with Crippen molar-refractivity contribution in [2.75, 3.05) is 11.4 Å². The summed E-state index contributed by atoms with van der Waals surface area (Å²) in [6, 6.07) is 2.40. The number of aliphatic hydroxyl groups excluding tert-OH is 1. The first kappa shape index (κ1) is 12.7. The molecule has 1 aromatic rings. The Balaban J connectivity index is 2.22. The van der Waals surface area contributed by atoms with Crippen LogP contribution in [0.2, 0.25) is 5.02 Å². The summed E-state index contributed by atoms with van der Waals surface area (Å²) >= 11 is 5.95. The fourth-order valence-electron chi connectivity index (χ4n) is 2.49. The molecule has 0 aliphatic carbocycles. The summed E-state index contributed by atoms with van der Waals surface area (Å²) in [7, 11) is 0. The van der Waals surface area contributed by atoms with E-state index in [9.17, 15) is 5.11 Å². The Morgan fingerprint density at radius 3 is 2.94 bits per heavy atom. The van der Waals surface area contributed by atoms with Crippen LogP contribution < -0.4 is 4.90 Å². The van der Waals surface area contributed by atoms with Gasteiger partial charge in [-0.1, -0.05) is 18.5 Å². The molecular weight excluding hydrogens is 236 g/mol. The largest absolute Gasteiger partial charge is 0.392 e. The molecule has 0 radical (unpaired) electrons. The number of anilines is 1. The molecule has 0 aromatic carbocycles. The van der Waals surface area contributed by atoms with Crippen LogP contribution in [-0.4, -0.2) is 22.7 Å². The average Bonchev–Trinajstić information content (AvgIpc) is 2.30. The molecule has 2 rings (SSSR count). The summed E-state index contributed by atoms with van der Waals surface area (Å²) in [6.07, 6.45) is 4.02. The maximum absolute atomic E-state index is 9.22. The fraction of sp³-hybridized carbons (Fsp3) is 0.615. The second-order valence-electron chi connectivity index (χ2n) is 4.96. The Labute approximate surface area is 107 Å². The molecule has 0 spiro atoms. The van der Waals surface area contributed by atoms with Crippen molar-refractivity contribution >= 4 is 17.4 Å². The predicted molar refractivity (Wildman–Crippen MR) is 70.4 cm³/mol. The second kappa shape index (κ2) is 5.23. The SMILES string of the molecule is CC1CCN(c2cc(CO)c(Cl)cn2)C(C)C1. The van der Waals surface area contributed by atoms with Crippen molar-refractivity contribution in [1.29, 1.82) is 0 Å². The lowest BCUT2D eigenvalue weighted by Gasteiger charge is -2.37. The number of hydrogen-bond acceptors (Lipinski definition) is 3. The first-order valence-electron chi connectivity index (χ1n) is 6.13. The Kier molecular flexibility index (Phi) is 3.89. The standard InChI is InChI=1S/C13H19ClN2O/c1-9-3-4-16(10(2)5-9)13-6-11(8-17)12(14)7-15-13/h6-7,9-10,17H,3-5,8H2,1-2H3. The molecule has 1 saturated heterocycles. The van der Waals surface area contributed by atoms with Crippen LogP contribution in [0.15, 0.2) is 12.3 Å². The van der Waals surface area contributed by atoms with E-state index in [0.29, 0.717) is 11.1 Å². The number of aromatic nitrogens is 1. The molecule has 1 aliphatic heterocycles. The predicted octanol–water partition coefficient (Wildman–Crippen LogP) is 2.85. The second-order valence-corrected chi connectivity index (χ2v) is 5.37. The van der Waals surface area contributed by atoms with Crippen molar-refractivity contribution in [2.24, 2.45) is 5.92 Å². The maximum atomic E-state index is 9.22. The van der Waals surface area contributed by atoms with Crippen LogP contribution in [0, 0.1) is 5.92 Å². The van der Waals surface area contributed by atoms with Crippen molar-refractivity contribution in [3.05, 3.63) is 22.8 Å². The third-order valence-electron chi connectivity index (χ3n) is 3.52. The number of nitrogens with zero attached hydrogens (tertiary/aromatic N) is 2. The summed E-state index contributed by atoms with van der Waals surface area (Å²) in [6.45, 7) is 5.52. The normalized spacial score (nSPS) is 25.1. The topological polar surface area (TPSA) is 36.4 Å². The average molecular weight is 255 g/mol. The lowest BCUT2D eigenvalue weighted by Crippen LogP contribution is -2.40. The van der Waals surface area contributed by atoms with E-state index in [1.807, 2.05) is 6.07 Å². The Bertz CT molecular complexity index is 397. The molecule has 3 nitrogen and oxygen atoms in total. The molecule has 1 aromatic heterocycles. The minimum absolute atomic E-state index is 0.0347. The molecule has 1 N–H and O–H groups in total. The van der Waals surface area contributed by atoms with E-state index in [0.717, 1.165) is 23.8 Å². The molecular formula is C13H19ClN2O. The lowest BCUT2D eigenvalue weighted by atomic mass is 9.93. The Hall–Kier alpha value is -0.800. The van der Waals surface area contributed by atoms with Crippen LogP contribution in [-0.2, 0) is 6.61 Å². The van der Waals surface area contributed by atoms with Gasteiger partial charge in [-0.3, -0.25) is 0 Å². The molecule has 1 fully saturated rings. The molecule has 2 heterocycles. The van der Waals surface area contributed by atoms with Gasteiger partial charge in [0.25, 0.3) is 0 Å².